The number of aromatic carboxylic acids is 1. The minimum Gasteiger partial charge on any atom is -0.543 e. The monoisotopic (exact) mass is 288 g/mol. The van der Waals surface area contributed by atoms with E-state index in [0.29, 0.717) is 4.68 Å². The first-order valence-corrected chi connectivity index (χ1v) is 6.35. The van der Waals surface area contributed by atoms with Gasteiger partial charge in [-0.2, -0.15) is 18.3 Å². The smallest absolute Gasteiger partial charge is 0.410 e. The number of carbonyl (C=O) groups excluding carboxylic acids is 1. The molecule has 0 bridgehead atoms. The zero-order valence-corrected chi connectivity index (χ0v) is 10.7. The molecule has 1 aliphatic heterocycles. The van der Waals surface area contributed by atoms with Crippen molar-refractivity contribution in [3.63, 3.8) is 0 Å². The molecule has 5 nitrogen and oxygen atoms in total. The number of nitrogens with zero attached hydrogens (tertiary/aromatic N) is 2. The van der Waals surface area contributed by atoms with E-state index in [1.54, 1.807) is 0 Å². The highest BCUT2D eigenvalue weighted by molar-refractivity contribution is 5.84. The highest BCUT2D eigenvalue weighted by Crippen LogP contribution is 2.53. The molecule has 1 saturated carbocycles. The highest BCUT2D eigenvalue weighted by atomic mass is 19.4. The minimum absolute atomic E-state index is 0.0934. The molecule has 20 heavy (non-hydrogen) atoms. The van der Waals surface area contributed by atoms with Crippen LogP contribution in [0.5, 0.6) is 0 Å². The Morgan fingerprint density at radius 1 is 1.55 bits per heavy atom. The van der Waals surface area contributed by atoms with Crippen LogP contribution in [0.4, 0.5) is 19.0 Å². The van der Waals surface area contributed by atoms with E-state index in [1.165, 1.54) is 0 Å². The fourth-order valence-electron chi connectivity index (χ4n) is 2.68. The molecule has 1 fully saturated rings. The number of nitrogens with one attached hydrogen (secondary N) is 1. The van der Waals surface area contributed by atoms with Crippen molar-refractivity contribution < 1.29 is 23.1 Å². The SMILES string of the molecule is CC1([C@@H]2C[C@H](C(F)(F)F)n3nc(C(=O)[O-])cc3N2)CC1. The van der Waals surface area contributed by atoms with E-state index in [-0.39, 0.29) is 23.7 Å². The van der Waals surface area contributed by atoms with Gasteiger partial charge in [0.15, 0.2) is 6.04 Å². The van der Waals surface area contributed by atoms with E-state index >= 15 is 0 Å². The van der Waals surface area contributed by atoms with Gasteiger partial charge in [-0.05, 0) is 24.7 Å². The maximum Gasteiger partial charge on any atom is 0.410 e. The molecule has 3 rings (SSSR count). The predicted molar refractivity (Wildman–Crippen MR) is 61.0 cm³/mol. The molecule has 1 N–H and O–H groups in total. The van der Waals surface area contributed by atoms with Gasteiger partial charge >= 0.3 is 6.18 Å². The van der Waals surface area contributed by atoms with Gasteiger partial charge in [0.25, 0.3) is 0 Å². The van der Waals surface area contributed by atoms with E-state index in [9.17, 15) is 23.1 Å². The highest BCUT2D eigenvalue weighted by Gasteiger charge is 2.53. The van der Waals surface area contributed by atoms with Gasteiger partial charge in [0.1, 0.15) is 11.5 Å². The Labute approximate surface area is 112 Å². The Kier molecular flexibility index (Phi) is 2.58. The van der Waals surface area contributed by atoms with Gasteiger partial charge in [0.2, 0.25) is 0 Å². The van der Waals surface area contributed by atoms with Crippen molar-refractivity contribution in [1.82, 2.24) is 9.78 Å². The average Bonchev–Trinajstić information content (AvgIpc) is 2.93. The Hall–Kier alpha value is -1.73. The molecule has 2 heterocycles. The molecule has 0 saturated heterocycles. The summed E-state index contributed by atoms with van der Waals surface area (Å²) in [4.78, 5) is 10.8. The van der Waals surface area contributed by atoms with Crippen molar-refractivity contribution in [2.75, 3.05) is 5.32 Å². The number of rotatable bonds is 2. The molecule has 110 valence electrons. The fraction of sp³-hybridized carbons (Fsp3) is 0.667. The second-order valence-corrected chi connectivity index (χ2v) is 5.79. The molecule has 2 atom stereocenters. The molecule has 1 aromatic rings. The van der Waals surface area contributed by atoms with E-state index < -0.39 is 23.9 Å². The number of hydrogen-bond acceptors (Lipinski definition) is 4. The summed E-state index contributed by atoms with van der Waals surface area (Å²) in [6.45, 7) is 1.93. The number of carboxylic acid groups (broad SMARTS) is 1. The molecule has 0 unspecified atom stereocenters. The Morgan fingerprint density at radius 2 is 2.20 bits per heavy atom. The summed E-state index contributed by atoms with van der Waals surface area (Å²) >= 11 is 0. The van der Waals surface area contributed by atoms with Crippen LogP contribution in [0.25, 0.3) is 0 Å². The van der Waals surface area contributed by atoms with Crippen LogP contribution in [0.3, 0.4) is 0 Å². The first-order valence-electron chi connectivity index (χ1n) is 6.35. The van der Waals surface area contributed by atoms with Crippen LogP contribution in [0, 0.1) is 5.41 Å². The van der Waals surface area contributed by atoms with Crippen molar-refractivity contribution in [3.8, 4) is 0 Å². The zero-order chi connectivity index (χ0) is 14.7. The standard InChI is InChI=1S/C12H14F3N3O2/c1-11(2-3-11)7-5-8(12(13,14)15)18-9(16-7)4-6(17-18)10(19)20/h4,7-8,16H,2-3,5H2,1H3,(H,19,20)/p-1/t7-,8+/m0/s1. The third-order valence-electron chi connectivity index (χ3n) is 4.28. The topological polar surface area (TPSA) is 70.0 Å². The van der Waals surface area contributed by atoms with E-state index in [2.05, 4.69) is 10.4 Å². The maximum atomic E-state index is 13.2. The lowest BCUT2D eigenvalue weighted by atomic mass is 9.90. The van der Waals surface area contributed by atoms with Crippen LogP contribution in [-0.4, -0.2) is 28.0 Å². The van der Waals surface area contributed by atoms with Crippen LogP contribution in [0.1, 0.15) is 42.7 Å². The summed E-state index contributed by atoms with van der Waals surface area (Å²) in [6, 6.07) is -1.02. The second-order valence-electron chi connectivity index (χ2n) is 5.79. The number of aromatic nitrogens is 2. The molecule has 8 heteroatoms. The van der Waals surface area contributed by atoms with Crippen molar-refractivity contribution >= 4 is 11.8 Å². The molecule has 1 aliphatic carbocycles. The molecule has 0 spiro atoms. The van der Waals surface area contributed by atoms with Crippen molar-refractivity contribution in [2.24, 2.45) is 5.41 Å². The van der Waals surface area contributed by atoms with Gasteiger partial charge in [-0.15, -0.1) is 0 Å². The lowest BCUT2D eigenvalue weighted by molar-refractivity contribution is -0.255. The molecule has 0 radical (unpaired) electrons. The number of hydrogen-bond donors (Lipinski definition) is 1. The van der Waals surface area contributed by atoms with Crippen molar-refractivity contribution in [2.45, 2.75) is 44.4 Å². The Bertz CT molecular complexity index is 563. The van der Waals surface area contributed by atoms with Gasteiger partial charge in [-0.3, -0.25) is 0 Å². The zero-order valence-electron chi connectivity index (χ0n) is 10.7. The number of alkyl halides is 3. The van der Waals surface area contributed by atoms with Crippen LogP contribution < -0.4 is 10.4 Å². The third kappa shape index (κ3) is 2.03. The summed E-state index contributed by atoms with van der Waals surface area (Å²) in [5.41, 5.74) is -0.635. The van der Waals surface area contributed by atoms with Crippen LogP contribution in [0.15, 0.2) is 6.07 Å². The average molecular weight is 288 g/mol. The Balaban J connectivity index is 2.01. The number of halogens is 3. The lowest BCUT2D eigenvalue weighted by Gasteiger charge is -2.36. The van der Waals surface area contributed by atoms with E-state index in [0.717, 1.165) is 18.9 Å². The molecule has 0 amide bonds. The Morgan fingerprint density at radius 3 is 2.70 bits per heavy atom. The third-order valence-corrected chi connectivity index (χ3v) is 4.28. The van der Waals surface area contributed by atoms with Crippen LogP contribution >= 0.6 is 0 Å². The van der Waals surface area contributed by atoms with Gasteiger partial charge in [0.05, 0.1) is 5.97 Å². The summed E-state index contributed by atoms with van der Waals surface area (Å²) < 4.78 is 40.2. The van der Waals surface area contributed by atoms with Crippen molar-refractivity contribution in [3.05, 3.63) is 11.8 Å². The van der Waals surface area contributed by atoms with Gasteiger partial charge in [-0.1, -0.05) is 6.92 Å². The first-order chi connectivity index (χ1) is 9.21. The fourth-order valence-corrected chi connectivity index (χ4v) is 2.68. The van der Waals surface area contributed by atoms with Crippen LogP contribution in [-0.2, 0) is 0 Å². The molecule has 0 aromatic carbocycles. The predicted octanol–water partition coefficient (Wildman–Crippen LogP) is 1.33. The summed E-state index contributed by atoms with van der Waals surface area (Å²) in [5.74, 6) is -1.49. The number of fused-ring (bicyclic) bond motifs is 1. The summed E-state index contributed by atoms with van der Waals surface area (Å²) in [7, 11) is 0. The number of carbonyl (C=O) groups is 1. The molecule has 1 aromatic heterocycles. The largest absolute Gasteiger partial charge is 0.543 e. The first kappa shape index (κ1) is 13.3. The molecular weight excluding hydrogens is 275 g/mol. The van der Waals surface area contributed by atoms with Crippen molar-refractivity contribution in [1.29, 1.82) is 0 Å². The second kappa shape index (κ2) is 3.89. The number of anilines is 1. The number of carboxylic acids is 1. The van der Waals surface area contributed by atoms with Gasteiger partial charge in [0, 0.05) is 12.1 Å². The van der Waals surface area contributed by atoms with E-state index in [4.69, 9.17) is 0 Å². The van der Waals surface area contributed by atoms with Crippen LogP contribution in [0.2, 0.25) is 0 Å². The van der Waals surface area contributed by atoms with Gasteiger partial charge in [-0.25, -0.2) is 4.68 Å². The maximum absolute atomic E-state index is 13.2. The van der Waals surface area contributed by atoms with E-state index in [1.807, 2.05) is 6.92 Å². The molecular formula is C12H13F3N3O2-. The lowest BCUT2D eigenvalue weighted by Crippen LogP contribution is -2.42. The molecule has 2 aliphatic rings. The van der Waals surface area contributed by atoms with Gasteiger partial charge < -0.3 is 15.2 Å². The normalized spacial score (nSPS) is 27.6. The quantitative estimate of drug-likeness (QED) is 0.891. The summed E-state index contributed by atoms with van der Waals surface area (Å²) in [6.07, 6.45) is -2.86. The minimum atomic E-state index is -4.46. The summed E-state index contributed by atoms with van der Waals surface area (Å²) in [5, 5.41) is 17.3.